The van der Waals surface area contributed by atoms with E-state index < -0.39 is 0 Å². The molecule has 198 valence electrons. The number of nitrogens with zero attached hydrogens (tertiary/aromatic N) is 3. The van der Waals surface area contributed by atoms with Gasteiger partial charge in [0.1, 0.15) is 11.2 Å². The molecular formula is C37H29N3O. The van der Waals surface area contributed by atoms with Gasteiger partial charge in [-0.2, -0.15) is 0 Å². The second-order valence-electron chi connectivity index (χ2n) is 11.1. The van der Waals surface area contributed by atoms with Gasteiger partial charge in [-0.1, -0.05) is 66.7 Å². The molecule has 0 aliphatic carbocycles. The summed E-state index contributed by atoms with van der Waals surface area (Å²) < 4.78 is 11.1. The number of hydrogen-bond acceptors (Lipinski definition) is 2. The van der Waals surface area contributed by atoms with Gasteiger partial charge < -0.3 is 4.42 Å². The Bertz CT molecular complexity index is 2230. The zero-order chi connectivity index (χ0) is 27.8. The average Bonchev–Trinajstić information content (AvgIpc) is 3.64. The summed E-state index contributed by atoms with van der Waals surface area (Å²) in [7, 11) is 0. The monoisotopic (exact) mass is 531 g/mol. The van der Waals surface area contributed by atoms with Crippen LogP contribution in [0.1, 0.15) is 22.3 Å². The summed E-state index contributed by atoms with van der Waals surface area (Å²) in [6, 6.07) is 36.5. The van der Waals surface area contributed by atoms with Crippen molar-refractivity contribution in [1.29, 1.82) is 0 Å². The van der Waals surface area contributed by atoms with Crippen molar-refractivity contribution in [2.24, 2.45) is 0 Å². The lowest BCUT2D eigenvalue weighted by Gasteiger charge is -2.19. The van der Waals surface area contributed by atoms with Crippen LogP contribution in [0.3, 0.4) is 0 Å². The predicted molar refractivity (Wildman–Crippen MR) is 170 cm³/mol. The van der Waals surface area contributed by atoms with Crippen LogP contribution in [0.5, 0.6) is 0 Å². The fourth-order valence-electron chi connectivity index (χ4n) is 6.74. The third kappa shape index (κ3) is 3.37. The number of benzene rings is 5. The van der Waals surface area contributed by atoms with Gasteiger partial charge in [0.15, 0.2) is 5.58 Å². The molecule has 0 unspecified atom stereocenters. The van der Waals surface area contributed by atoms with Crippen LogP contribution in [-0.2, 0) is 0 Å². The van der Waals surface area contributed by atoms with E-state index in [4.69, 9.17) is 9.40 Å². The Kier molecular flexibility index (Phi) is 5.05. The Morgan fingerprint density at radius 3 is 1.71 bits per heavy atom. The highest BCUT2D eigenvalue weighted by molar-refractivity contribution is 6.22. The summed E-state index contributed by atoms with van der Waals surface area (Å²) in [5.74, 6) is 0.649. The average molecular weight is 532 g/mol. The summed E-state index contributed by atoms with van der Waals surface area (Å²) >= 11 is 0. The summed E-state index contributed by atoms with van der Waals surface area (Å²) in [5, 5.41) is 3.80. The fraction of sp³-hybridized carbons (Fsp3) is 0.108. The minimum Gasteiger partial charge on any atom is -0.436 e. The molecule has 0 N–H and O–H groups in total. The standard InChI is InChI=1S/C37H29N3O/c1-22-12-11-13-23(2)34(22)39-30-17-8-5-14-27(30)33-28-15-6-9-18-31(28)40(37(33)39)35-24(3)20-26(21-25(35)4)36-38-29-16-7-10-19-32(29)41-36/h5-21H,1-4H3. The van der Waals surface area contributed by atoms with E-state index in [1.54, 1.807) is 0 Å². The van der Waals surface area contributed by atoms with Crippen molar-refractivity contribution < 1.29 is 4.42 Å². The minimum absolute atomic E-state index is 0.649. The van der Waals surface area contributed by atoms with Crippen molar-refractivity contribution in [1.82, 2.24) is 14.1 Å². The van der Waals surface area contributed by atoms with Crippen LogP contribution in [0.25, 0.3) is 66.8 Å². The SMILES string of the molecule is Cc1cccc(C)c1-n1c2ccccc2c2c3ccccc3n(-c3c(C)cc(-c4nc5ccccc5o4)cc3C)c21. The first-order valence-corrected chi connectivity index (χ1v) is 14.1. The molecule has 0 radical (unpaired) electrons. The molecule has 0 aliphatic heterocycles. The second-order valence-corrected chi connectivity index (χ2v) is 11.1. The first-order chi connectivity index (χ1) is 20.0. The molecule has 0 fully saturated rings. The number of rotatable bonds is 3. The van der Waals surface area contributed by atoms with Crippen LogP contribution in [0.15, 0.2) is 108 Å². The molecule has 8 rings (SSSR count). The van der Waals surface area contributed by atoms with E-state index in [0.717, 1.165) is 16.7 Å². The quantitative estimate of drug-likeness (QED) is 0.227. The maximum atomic E-state index is 6.16. The molecule has 0 bridgehead atoms. The van der Waals surface area contributed by atoms with Gasteiger partial charge in [-0.3, -0.25) is 9.13 Å². The normalized spacial score (nSPS) is 11.9. The van der Waals surface area contributed by atoms with E-state index >= 15 is 0 Å². The van der Waals surface area contributed by atoms with Gasteiger partial charge >= 0.3 is 0 Å². The number of para-hydroxylation sites is 5. The number of aryl methyl sites for hydroxylation is 4. The van der Waals surface area contributed by atoms with Crippen LogP contribution in [-0.4, -0.2) is 14.1 Å². The Hall–Kier alpha value is -5.09. The van der Waals surface area contributed by atoms with E-state index in [-0.39, 0.29) is 0 Å². The number of oxazole rings is 1. The smallest absolute Gasteiger partial charge is 0.227 e. The summed E-state index contributed by atoms with van der Waals surface area (Å²) in [5.41, 5.74) is 13.5. The third-order valence-electron chi connectivity index (χ3n) is 8.39. The van der Waals surface area contributed by atoms with Gasteiger partial charge in [0.25, 0.3) is 0 Å². The molecule has 0 amide bonds. The first kappa shape index (κ1) is 23.8. The highest BCUT2D eigenvalue weighted by atomic mass is 16.3. The molecule has 4 nitrogen and oxygen atoms in total. The van der Waals surface area contributed by atoms with Crippen LogP contribution >= 0.6 is 0 Å². The predicted octanol–water partition coefficient (Wildman–Crippen LogP) is 9.77. The third-order valence-corrected chi connectivity index (χ3v) is 8.39. The molecule has 41 heavy (non-hydrogen) atoms. The van der Waals surface area contributed by atoms with Crippen molar-refractivity contribution in [3.05, 3.63) is 125 Å². The zero-order valence-electron chi connectivity index (χ0n) is 23.6. The molecule has 5 aromatic carbocycles. The van der Waals surface area contributed by atoms with E-state index in [9.17, 15) is 0 Å². The lowest BCUT2D eigenvalue weighted by atomic mass is 10.0. The Balaban J connectivity index is 1.50. The lowest BCUT2D eigenvalue weighted by molar-refractivity contribution is 0.619. The second kappa shape index (κ2) is 8.70. The Morgan fingerprint density at radius 2 is 1.10 bits per heavy atom. The molecule has 3 aromatic heterocycles. The number of aromatic nitrogens is 3. The van der Waals surface area contributed by atoms with Gasteiger partial charge in [0.05, 0.1) is 22.4 Å². The van der Waals surface area contributed by atoms with Crippen LogP contribution in [0.2, 0.25) is 0 Å². The van der Waals surface area contributed by atoms with Crippen molar-refractivity contribution in [3.8, 4) is 22.8 Å². The molecule has 0 saturated heterocycles. The summed E-state index contributed by atoms with van der Waals surface area (Å²) in [4.78, 5) is 4.78. The molecule has 0 atom stereocenters. The van der Waals surface area contributed by atoms with E-state index in [0.29, 0.717) is 5.89 Å². The molecule has 8 aromatic rings. The summed E-state index contributed by atoms with van der Waals surface area (Å²) in [6.45, 7) is 8.81. The maximum Gasteiger partial charge on any atom is 0.227 e. The zero-order valence-corrected chi connectivity index (χ0v) is 23.6. The van der Waals surface area contributed by atoms with E-state index in [1.807, 2.05) is 24.3 Å². The van der Waals surface area contributed by atoms with E-state index in [1.165, 1.54) is 66.5 Å². The van der Waals surface area contributed by atoms with Crippen molar-refractivity contribution in [2.75, 3.05) is 0 Å². The fourth-order valence-corrected chi connectivity index (χ4v) is 6.74. The molecule has 4 heteroatoms. The largest absolute Gasteiger partial charge is 0.436 e. The Labute approximate surface area is 238 Å². The van der Waals surface area contributed by atoms with Crippen LogP contribution in [0, 0.1) is 27.7 Å². The molecule has 0 spiro atoms. The molecule has 3 heterocycles. The van der Waals surface area contributed by atoms with Gasteiger partial charge in [-0.25, -0.2) is 4.98 Å². The highest BCUT2D eigenvalue weighted by Gasteiger charge is 2.25. The van der Waals surface area contributed by atoms with Gasteiger partial charge in [-0.05, 0) is 86.3 Å². The lowest BCUT2D eigenvalue weighted by Crippen LogP contribution is -2.07. The van der Waals surface area contributed by atoms with Crippen molar-refractivity contribution >= 4 is 43.9 Å². The molecule has 0 saturated carbocycles. The van der Waals surface area contributed by atoms with Crippen LogP contribution in [0.4, 0.5) is 0 Å². The van der Waals surface area contributed by atoms with Gasteiger partial charge in [-0.15, -0.1) is 0 Å². The number of fused-ring (bicyclic) bond motifs is 6. The molecular weight excluding hydrogens is 502 g/mol. The van der Waals surface area contributed by atoms with Gasteiger partial charge in [0, 0.05) is 21.7 Å². The highest BCUT2D eigenvalue weighted by Crippen LogP contribution is 2.43. The Morgan fingerprint density at radius 1 is 0.561 bits per heavy atom. The molecule has 0 aliphatic rings. The minimum atomic E-state index is 0.649. The van der Waals surface area contributed by atoms with Crippen LogP contribution < -0.4 is 0 Å². The number of hydrogen-bond donors (Lipinski definition) is 0. The first-order valence-electron chi connectivity index (χ1n) is 14.1. The van der Waals surface area contributed by atoms with E-state index in [2.05, 4.69) is 116 Å². The van der Waals surface area contributed by atoms with Crippen molar-refractivity contribution in [3.63, 3.8) is 0 Å². The summed E-state index contributed by atoms with van der Waals surface area (Å²) in [6.07, 6.45) is 0. The topological polar surface area (TPSA) is 35.9 Å². The van der Waals surface area contributed by atoms with Crippen molar-refractivity contribution in [2.45, 2.75) is 27.7 Å². The van der Waals surface area contributed by atoms with Gasteiger partial charge in [0.2, 0.25) is 5.89 Å². The maximum absolute atomic E-state index is 6.16.